The summed E-state index contributed by atoms with van der Waals surface area (Å²) < 4.78 is 21.0. The largest absolute Gasteiger partial charge is 0.488 e. The summed E-state index contributed by atoms with van der Waals surface area (Å²) in [5, 5.41) is 0. The van der Waals surface area contributed by atoms with Gasteiger partial charge in [-0.3, -0.25) is 20.9 Å². The fourth-order valence-corrected chi connectivity index (χ4v) is 6.38. The first kappa shape index (κ1) is 26.1. The van der Waals surface area contributed by atoms with Crippen LogP contribution in [0, 0.1) is 11.7 Å². The molecule has 4 unspecified atom stereocenters. The first-order valence-corrected chi connectivity index (χ1v) is 13.5. The molecular formula is C26H45FN7O+. The number of aliphatic imine (C=N–C) groups is 1. The van der Waals surface area contributed by atoms with Crippen molar-refractivity contribution in [3.63, 3.8) is 0 Å². The monoisotopic (exact) mass is 490 g/mol. The van der Waals surface area contributed by atoms with Gasteiger partial charge in [0.25, 0.3) is 0 Å². The molecule has 196 valence electrons. The Morgan fingerprint density at radius 1 is 1.11 bits per heavy atom. The van der Waals surface area contributed by atoms with Gasteiger partial charge in [-0.15, -0.1) is 0 Å². The minimum Gasteiger partial charge on any atom is -0.488 e. The molecular weight excluding hydrogens is 445 g/mol. The maximum atomic E-state index is 15.0. The highest BCUT2D eigenvalue weighted by Gasteiger charge is 2.51. The van der Waals surface area contributed by atoms with Crippen LogP contribution in [0.1, 0.15) is 65.7 Å². The van der Waals surface area contributed by atoms with Crippen LogP contribution in [0.5, 0.6) is 5.75 Å². The standard InChI is InChI=1S/C26H45FN7O/c1-4-32-14-8-11-21(32)17-34(16-19-9-6-5-7-10-19)25(29)31-24(28)33(26(34)30)20-12-13-23(22(27)15-20)35-18(2)3/h12-13,15,18-19,21,25-26H,4-11,14,16-17,29-30H2,1-3H3,(H2,28,31)/q+1. The van der Waals surface area contributed by atoms with Crippen LogP contribution in [0.4, 0.5) is 10.1 Å². The molecule has 9 heteroatoms. The van der Waals surface area contributed by atoms with Crippen LogP contribution in [0.25, 0.3) is 0 Å². The molecule has 2 aliphatic heterocycles. The number of rotatable bonds is 8. The Labute approximate surface area is 209 Å². The number of ether oxygens (including phenoxy) is 1. The minimum atomic E-state index is -0.556. The first-order chi connectivity index (χ1) is 16.7. The van der Waals surface area contributed by atoms with Crippen molar-refractivity contribution in [2.75, 3.05) is 31.1 Å². The highest BCUT2D eigenvalue weighted by atomic mass is 19.1. The molecule has 0 aromatic heterocycles. The third kappa shape index (κ3) is 5.43. The number of nitrogens with two attached hydrogens (primary N) is 3. The summed E-state index contributed by atoms with van der Waals surface area (Å²) in [4.78, 5) is 9.03. The lowest BCUT2D eigenvalue weighted by atomic mass is 9.88. The molecule has 8 nitrogen and oxygen atoms in total. The number of quaternary nitrogens is 1. The summed E-state index contributed by atoms with van der Waals surface area (Å²) in [5.74, 6) is 0.559. The number of hydrogen-bond acceptors (Lipinski definition) is 7. The Morgan fingerprint density at radius 3 is 2.51 bits per heavy atom. The average molecular weight is 491 g/mol. The van der Waals surface area contributed by atoms with E-state index < -0.39 is 18.4 Å². The van der Waals surface area contributed by atoms with E-state index in [2.05, 4.69) is 11.8 Å². The van der Waals surface area contributed by atoms with Crippen molar-refractivity contribution in [1.29, 1.82) is 0 Å². The van der Waals surface area contributed by atoms with E-state index in [1.807, 2.05) is 19.9 Å². The molecule has 2 heterocycles. The van der Waals surface area contributed by atoms with E-state index in [1.165, 1.54) is 44.6 Å². The zero-order valence-corrected chi connectivity index (χ0v) is 21.7. The number of guanidine groups is 1. The molecule has 0 bridgehead atoms. The molecule has 4 rings (SSSR count). The highest BCUT2D eigenvalue weighted by Crippen LogP contribution is 2.36. The van der Waals surface area contributed by atoms with Gasteiger partial charge in [-0.2, -0.15) is 4.99 Å². The molecule has 0 spiro atoms. The van der Waals surface area contributed by atoms with Crippen molar-refractivity contribution in [3.8, 4) is 5.75 Å². The second-order valence-electron chi connectivity index (χ2n) is 10.9. The van der Waals surface area contributed by atoms with E-state index in [4.69, 9.17) is 26.9 Å². The number of anilines is 1. The van der Waals surface area contributed by atoms with E-state index in [1.54, 1.807) is 11.0 Å². The number of nitrogens with zero attached hydrogens (tertiary/aromatic N) is 4. The molecule has 6 N–H and O–H groups in total. The van der Waals surface area contributed by atoms with Crippen molar-refractivity contribution >= 4 is 11.6 Å². The van der Waals surface area contributed by atoms with Crippen molar-refractivity contribution in [2.45, 2.75) is 90.4 Å². The van der Waals surface area contributed by atoms with Crippen LogP contribution in [-0.2, 0) is 0 Å². The maximum absolute atomic E-state index is 15.0. The summed E-state index contributed by atoms with van der Waals surface area (Å²) >= 11 is 0. The summed E-state index contributed by atoms with van der Waals surface area (Å²) in [6.07, 6.45) is 7.27. The lowest BCUT2D eigenvalue weighted by Crippen LogP contribution is -2.79. The normalized spacial score (nSPS) is 30.7. The quantitative estimate of drug-likeness (QED) is 0.484. The van der Waals surface area contributed by atoms with Gasteiger partial charge in [-0.25, -0.2) is 9.29 Å². The summed E-state index contributed by atoms with van der Waals surface area (Å²) in [6, 6.07) is 5.30. The molecule has 4 atom stereocenters. The fourth-order valence-electron chi connectivity index (χ4n) is 6.38. The van der Waals surface area contributed by atoms with Crippen LogP contribution in [0.15, 0.2) is 23.2 Å². The van der Waals surface area contributed by atoms with E-state index in [-0.39, 0.29) is 17.8 Å². The summed E-state index contributed by atoms with van der Waals surface area (Å²) in [5.41, 5.74) is 20.9. The lowest BCUT2D eigenvalue weighted by Gasteiger charge is -2.54. The van der Waals surface area contributed by atoms with Crippen molar-refractivity contribution in [2.24, 2.45) is 28.1 Å². The van der Waals surface area contributed by atoms with Crippen LogP contribution in [0.2, 0.25) is 0 Å². The Bertz CT molecular complexity index is 890. The van der Waals surface area contributed by atoms with Crippen LogP contribution in [-0.4, -0.2) is 66.2 Å². The maximum Gasteiger partial charge on any atom is 0.244 e. The van der Waals surface area contributed by atoms with Gasteiger partial charge in [0.15, 0.2) is 11.6 Å². The number of likely N-dealkylation sites (N-methyl/N-ethyl adjacent to an activating group) is 1. The van der Waals surface area contributed by atoms with Crippen LogP contribution < -0.4 is 26.8 Å². The third-order valence-corrected chi connectivity index (χ3v) is 8.16. The predicted octanol–water partition coefficient (Wildman–Crippen LogP) is 3.11. The first-order valence-electron chi connectivity index (χ1n) is 13.5. The van der Waals surface area contributed by atoms with Crippen LogP contribution in [0.3, 0.4) is 0 Å². The Hall–Kier alpha value is -1.94. The third-order valence-electron chi connectivity index (χ3n) is 8.16. The molecule has 2 fully saturated rings. The van der Waals surface area contributed by atoms with Gasteiger partial charge in [0.2, 0.25) is 18.5 Å². The fraction of sp³-hybridized carbons (Fsp3) is 0.731. The second kappa shape index (κ2) is 11.0. The zero-order chi connectivity index (χ0) is 25.2. The van der Waals surface area contributed by atoms with Crippen LogP contribution >= 0.6 is 0 Å². The van der Waals surface area contributed by atoms with E-state index >= 15 is 0 Å². The smallest absolute Gasteiger partial charge is 0.244 e. The number of benzene rings is 1. The number of hydrogen-bond donors (Lipinski definition) is 3. The molecule has 1 saturated heterocycles. The van der Waals surface area contributed by atoms with Gasteiger partial charge in [0.05, 0.1) is 30.9 Å². The lowest BCUT2D eigenvalue weighted by molar-refractivity contribution is -0.977. The second-order valence-corrected chi connectivity index (χ2v) is 10.9. The summed E-state index contributed by atoms with van der Waals surface area (Å²) in [7, 11) is 0. The molecule has 1 saturated carbocycles. The van der Waals surface area contributed by atoms with Crippen molar-refractivity contribution < 1.29 is 13.6 Å². The molecule has 0 radical (unpaired) electrons. The number of likely N-dealkylation sites (tertiary alicyclic amines) is 1. The van der Waals surface area contributed by atoms with Gasteiger partial charge in [-0.05, 0) is 64.8 Å². The molecule has 3 aliphatic rings. The highest BCUT2D eigenvalue weighted by molar-refractivity contribution is 5.95. The molecule has 35 heavy (non-hydrogen) atoms. The van der Waals surface area contributed by atoms with E-state index in [0.717, 1.165) is 32.6 Å². The minimum absolute atomic E-state index is 0.120. The van der Waals surface area contributed by atoms with E-state index in [9.17, 15) is 4.39 Å². The Balaban J connectivity index is 1.70. The predicted molar refractivity (Wildman–Crippen MR) is 139 cm³/mol. The van der Waals surface area contributed by atoms with Gasteiger partial charge < -0.3 is 10.5 Å². The average Bonchev–Trinajstić information content (AvgIpc) is 3.27. The topological polar surface area (TPSA) is 106 Å². The van der Waals surface area contributed by atoms with Gasteiger partial charge in [-0.1, -0.05) is 26.2 Å². The molecule has 1 aromatic carbocycles. The molecule has 0 amide bonds. The van der Waals surface area contributed by atoms with Crippen molar-refractivity contribution in [1.82, 2.24) is 4.90 Å². The molecule has 1 aromatic rings. The number of halogens is 1. The van der Waals surface area contributed by atoms with Gasteiger partial charge >= 0.3 is 0 Å². The Kier molecular flexibility index (Phi) is 8.20. The SMILES string of the molecule is CCN1CCCC1C[N+]1(CC2CCCCC2)C(N)N=C(N)N(c2ccc(OC(C)C)c(F)c2)C1N. The zero-order valence-electron chi connectivity index (χ0n) is 21.7. The van der Waals surface area contributed by atoms with Crippen molar-refractivity contribution in [3.05, 3.63) is 24.0 Å². The summed E-state index contributed by atoms with van der Waals surface area (Å²) in [6.45, 7) is 9.76. The van der Waals surface area contributed by atoms with E-state index in [0.29, 0.717) is 22.1 Å². The molecule has 1 aliphatic carbocycles. The Morgan fingerprint density at radius 2 is 1.86 bits per heavy atom. The van der Waals surface area contributed by atoms with Gasteiger partial charge in [0, 0.05) is 12.0 Å². The van der Waals surface area contributed by atoms with Gasteiger partial charge in [0.1, 0.15) is 0 Å².